The van der Waals surface area contributed by atoms with Crippen LogP contribution >= 0.6 is 0 Å². The molecular formula is C18H33N3O4S. The van der Waals surface area contributed by atoms with Crippen molar-refractivity contribution in [2.24, 2.45) is 0 Å². The van der Waals surface area contributed by atoms with Crippen LogP contribution in [0.5, 0.6) is 0 Å². The first-order chi connectivity index (χ1) is 12.4. The third-order valence-corrected chi connectivity index (χ3v) is 8.31. The van der Waals surface area contributed by atoms with E-state index in [1.54, 1.807) is 11.2 Å². The second kappa shape index (κ2) is 8.12. The lowest BCUT2D eigenvalue weighted by Gasteiger charge is -2.49. The predicted molar refractivity (Wildman–Crippen MR) is 100 cm³/mol. The molecule has 0 radical (unpaired) electrons. The van der Waals surface area contributed by atoms with Gasteiger partial charge in [0.2, 0.25) is 15.9 Å². The molecule has 26 heavy (non-hydrogen) atoms. The summed E-state index contributed by atoms with van der Waals surface area (Å²) in [4.78, 5) is 15.9. The average Bonchev–Trinajstić information content (AvgIpc) is 2.62. The third-order valence-electron chi connectivity index (χ3n) is 6.23. The Bertz CT molecular complexity index is 594. The highest BCUT2D eigenvalue weighted by Gasteiger charge is 2.43. The Hall–Kier alpha value is -0.700. The lowest BCUT2D eigenvalue weighted by molar-refractivity contribution is -0.138. The summed E-state index contributed by atoms with van der Waals surface area (Å²) in [6.07, 6.45) is 4.25. The molecule has 0 aromatic carbocycles. The largest absolute Gasteiger partial charge is 0.375 e. The number of hydrogen-bond donors (Lipinski definition) is 0. The molecule has 0 aliphatic carbocycles. The van der Waals surface area contributed by atoms with Crippen LogP contribution in [-0.4, -0.2) is 91.7 Å². The highest BCUT2D eigenvalue weighted by molar-refractivity contribution is 7.89. The van der Waals surface area contributed by atoms with Crippen molar-refractivity contribution >= 4 is 15.9 Å². The first kappa shape index (κ1) is 20.0. The number of piperidine rings is 1. The minimum absolute atomic E-state index is 0.161. The Morgan fingerprint density at radius 2 is 1.77 bits per heavy atom. The normalized spacial score (nSPS) is 28.4. The van der Waals surface area contributed by atoms with Gasteiger partial charge in [-0.05, 0) is 32.1 Å². The number of rotatable bonds is 4. The average molecular weight is 388 g/mol. The van der Waals surface area contributed by atoms with Crippen LogP contribution in [0.3, 0.4) is 0 Å². The van der Waals surface area contributed by atoms with E-state index in [0.29, 0.717) is 25.6 Å². The van der Waals surface area contributed by atoms with Crippen LogP contribution in [0.25, 0.3) is 0 Å². The number of carbonyl (C=O) groups is 1. The molecule has 8 heteroatoms. The molecule has 3 aliphatic rings. The van der Waals surface area contributed by atoms with Crippen molar-refractivity contribution in [3.8, 4) is 0 Å². The van der Waals surface area contributed by atoms with Gasteiger partial charge in [-0.1, -0.05) is 6.92 Å². The van der Waals surface area contributed by atoms with Crippen LogP contribution in [-0.2, 0) is 19.6 Å². The smallest absolute Gasteiger partial charge is 0.219 e. The van der Waals surface area contributed by atoms with E-state index in [9.17, 15) is 13.2 Å². The minimum Gasteiger partial charge on any atom is -0.375 e. The van der Waals surface area contributed by atoms with Gasteiger partial charge in [-0.3, -0.25) is 9.69 Å². The molecule has 3 fully saturated rings. The molecule has 0 saturated carbocycles. The Morgan fingerprint density at radius 1 is 1.12 bits per heavy atom. The summed E-state index contributed by atoms with van der Waals surface area (Å²) in [5.41, 5.74) is -0.168. The maximum Gasteiger partial charge on any atom is 0.219 e. The quantitative estimate of drug-likeness (QED) is 0.717. The highest BCUT2D eigenvalue weighted by Crippen LogP contribution is 2.37. The second-order valence-corrected chi connectivity index (χ2v) is 10.0. The molecule has 3 heterocycles. The number of hydrogen-bond acceptors (Lipinski definition) is 5. The van der Waals surface area contributed by atoms with Crippen LogP contribution in [0.1, 0.15) is 46.0 Å². The number of carbonyl (C=O) groups excluding carboxylic acids is 1. The van der Waals surface area contributed by atoms with Crippen molar-refractivity contribution < 1.29 is 17.9 Å². The highest BCUT2D eigenvalue weighted by atomic mass is 32.2. The van der Waals surface area contributed by atoms with Crippen molar-refractivity contribution in [1.29, 1.82) is 0 Å². The van der Waals surface area contributed by atoms with Gasteiger partial charge in [0.1, 0.15) is 0 Å². The first-order valence-corrected chi connectivity index (χ1v) is 11.6. The van der Waals surface area contributed by atoms with Gasteiger partial charge in [0.15, 0.2) is 0 Å². The minimum atomic E-state index is -3.11. The molecule has 1 amide bonds. The molecule has 150 valence electrons. The summed E-state index contributed by atoms with van der Waals surface area (Å²) >= 11 is 0. The van der Waals surface area contributed by atoms with Crippen LogP contribution in [0.4, 0.5) is 0 Å². The molecule has 0 bridgehead atoms. The molecule has 0 N–H and O–H groups in total. The number of amides is 1. The van der Waals surface area contributed by atoms with Gasteiger partial charge in [0, 0.05) is 58.8 Å². The lowest BCUT2D eigenvalue weighted by Crippen LogP contribution is -2.57. The van der Waals surface area contributed by atoms with E-state index >= 15 is 0 Å². The van der Waals surface area contributed by atoms with Crippen LogP contribution in [0.15, 0.2) is 0 Å². The van der Waals surface area contributed by atoms with Crippen LogP contribution < -0.4 is 0 Å². The van der Waals surface area contributed by atoms with Crippen molar-refractivity contribution in [3.05, 3.63) is 0 Å². The van der Waals surface area contributed by atoms with E-state index < -0.39 is 10.0 Å². The molecule has 0 aromatic heterocycles. The molecular weight excluding hydrogens is 354 g/mol. The number of piperazine rings is 1. The summed E-state index contributed by atoms with van der Waals surface area (Å²) in [5.74, 6) is 0.401. The Morgan fingerprint density at radius 3 is 2.35 bits per heavy atom. The molecule has 3 saturated heterocycles. The van der Waals surface area contributed by atoms with Crippen molar-refractivity contribution in [1.82, 2.24) is 14.1 Å². The molecule has 3 aliphatic heterocycles. The zero-order valence-electron chi connectivity index (χ0n) is 16.2. The van der Waals surface area contributed by atoms with Gasteiger partial charge in [-0.25, -0.2) is 12.7 Å². The maximum absolute atomic E-state index is 12.3. The van der Waals surface area contributed by atoms with Crippen molar-refractivity contribution in [2.45, 2.75) is 57.6 Å². The SMILES string of the molecule is CCCS(=O)(=O)N1CCC2(CC1)CC(N1CCN(C(C)=O)CC1)CCO2. The summed E-state index contributed by atoms with van der Waals surface area (Å²) in [5, 5.41) is 0. The Kier molecular flexibility index (Phi) is 6.26. The summed E-state index contributed by atoms with van der Waals surface area (Å²) < 4.78 is 32.4. The predicted octanol–water partition coefficient (Wildman–Crippen LogP) is 0.904. The number of ether oxygens (including phenoxy) is 1. The first-order valence-electron chi connectivity index (χ1n) is 9.96. The molecule has 7 nitrogen and oxygen atoms in total. The second-order valence-electron chi connectivity index (χ2n) is 7.94. The van der Waals surface area contributed by atoms with Gasteiger partial charge in [0.05, 0.1) is 11.4 Å². The Balaban J connectivity index is 1.55. The monoisotopic (exact) mass is 387 g/mol. The Labute approximate surface area is 157 Å². The van der Waals surface area contributed by atoms with E-state index in [1.807, 2.05) is 11.8 Å². The molecule has 1 unspecified atom stereocenters. The zero-order chi connectivity index (χ0) is 18.8. The van der Waals surface area contributed by atoms with Crippen LogP contribution in [0.2, 0.25) is 0 Å². The van der Waals surface area contributed by atoms with E-state index in [4.69, 9.17) is 4.74 Å². The summed E-state index contributed by atoms with van der Waals surface area (Å²) in [7, 11) is -3.11. The van der Waals surface area contributed by atoms with Gasteiger partial charge < -0.3 is 9.64 Å². The lowest BCUT2D eigenvalue weighted by atomic mass is 9.82. The van der Waals surface area contributed by atoms with Gasteiger partial charge >= 0.3 is 0 Å². The van der Waals surface area contributed by atoms with Gasteiger partial charge in [0.25, 0.3) is 0 Å². The fourth-order valence-corrected chi connectivity index (χ4v) is 6.14. The fourth-order valence-electron chi connectivity index (χ4n) is 4.62. The van der Waals surface area contributed by atoms with Gasteiger partial charge in [-0.15, -0.1) is 0 Å². The standard InChI is InChI=1S/C18H33N3O4S/c1-3-14-26(23,24)21-7-5-18(6-8-21)15-17(4-13-25-18)20-11-9-19(10-12-20)16(2)22/h17H,3-15H2,1-2H3. The van der Waals surface area contributed by atoms with Crippen molar-refractivity contribution in [3.63, 3.8) is 0 Å². The van der Waals surface area contributed by atoms with E-state index in [1.165, 1.54) is 0 Å². The number of sulfonamides is 1. The van der Waals surface area contributed by atoms with E-state index in [2.05, 4.69) is 4.90 Å². The molecule has 3 rings (SSSR count). The molecule has 1 spiro atoms. The molecule has 0 aromatic rings. The maximum atomic E-state index is 12.3. The van der Waals surface area contributed by atoms with Crippen molar-refractivity contribution in [2.75, 3.05) is 51.6 Å². The summed E-state index contributed by atoms with van der Waals surface area (Å²) in [6.45, 7) is 8.92. The topological polar surface area (TPSA) is 70.2 Å². The molecule has 1 atom stereocenters. The van der Waals surface area contributed by atoms with Crippen LogP contribution in [0, 0.1) is 0 Å². The fraction of sp³-hybridized carbons (Fsp3) is 0.944. The third kappa shape index (κ3) is 4.40. The zero-order valence-corrected chi connectivity index (χ0v) is 17.0. The summed E-state index contributed by atoms with van der Waals surface area (Å²) in [6, 6.07) is 0.483. The van der Waals surface area contributed by atoms with E-state index in [0.717, 1.165) is 58.5 Å². The van der Waals surface area contributed by atoms with Gasteiger partial charge in [-0.2, -0.15) is 0 Å². The van der Waals surface area contributed by atoms with E-state index in [-0.39, 0.29) is 17.3 Å². The number of nitrogens with zero attached hydrogens (tertiary/aromatic N) is 3.